The zero-order valence-electron chi connectivity index (χ0n) is 16.7. The number of rotatable bonds is 7. The first-order valence-corrected chi connectivity index (χ1v) is 10.4. The molecule has 0 atom stereocenters. The molecule has 0 radical (unpaired) electrons. The largest absolute Gasteiger partial charge is 0.471 e. The van der Waals surface area contributed by atoms with Gasteiger partial charge < -0.3 is 10.1 Å². The van der Waals surface area contributed by atoms with Gasteiger partial charge in [-0.3, -0.25) is 9.59 Å². The molecule has 8 heteroatoms. The Hall–Kier alpha value is -3.61. The van der Waals surface area contributed by atoms with E-state index < -0.39 is 5.91 Å². The second-order valence-corrected chi connectivity index (χ2v) is 7.68. The van der Waals surface area contributed by atoms with Gasteiger partial charge in [-0.15, -0.1) is 0 Å². The second-order valence-electron chi connectivity index (χ2n) is 6.81. The number of nitrogens with zero attached hydrogens (tertiary/aromatic N) is 2. The summed E-state index contributed by atoms with van der Waals surface area (Å²) < 4.78 is 7.11. The third-order valence-corrected chi connectivity index (χ3v) is 5.05. The van der Waals surface area contributed by atoms with Crippen molar-refractivity contribution < 1.29 is 14.3 Å². The Labute approximate surface area is 194 Å². The maximum Gasteiger partial charge on any atom is 0.276 e. The lowest BCUT2D eigenvalue weighted by atomic mass is 10.0. The average Bonchev–Trinajstić information content (AvgIpc) is 3.29. The minimum absolute atomic E-state index is 0.119. The summed E-state index contributed by atoms with van der Waals surface area (Å²) in [7, 11) is 0. The number of anilines is 1. The van der Waals surface area contributed by atoms with E-state index in [1.54, 1.807) is 72.9 Å². The van der Waals surface area contributed by atoms with E-state index in [4.69, 9.17) is 27.9 Å². The van der Waals surface area contributed by atoms with Crippen molar-refractivity contribution in [2.24, 2.45) is 0 Å². The Bertz CT molecular complexity index is 1260. The molecule has 1 amide bonds. The van der Waals surface area contributed by atoms with Crippen LogP contribution in [0.25, 0.3) is 0 Å². The molecule has 0 fully saturated rings. The Kier molecular flexibility index (Phi) is 6.54. The van der Waals surface area contributed by atoms with Crippen LogP contribution in [-0.2, 0) is 6.73 Å². The molecule has 0 saturated carbocycles. The second kappa shape index (κ2) is 9.68. The Morgan fingerprint density at radius 1 is 0.906 bits per heavy atom. The first-order valence-electron chi connectivity index (χ1n) is 9.62. The Balaban J connectivity index is 1.47. The van der Waals surface area contributed by atoms with Crippen LogP contribution in [-0.4, -0.2) is 21.5 Å². The zero-order valence-corrected chi connectivity index (χ0v) is 18.2. The van der Waals surface area contributed by atoms with Crippen molar-refractivity contribution >= 4 is 40.6 Å². The minimum Gasteiger partial charge on any atom is -0.471 e. The highest BCUT2D eigenvalue weighted by molar-refractivity contribution is 6.31. The molecule has 3 aromatic carbocycles. The van der Waals surface area contributed by atoms with Crippen molar-refractivity contribution in [3.8, 4) is 5.75 Å². The van der Waals surface area contributed by atoms with E-state index in [0.717, 1.165) is 0 Å². The van der Waals surface area contributed by atoms with E-state index in [-0.39, 0.29) is 18.2 Å². The molecular weight excluding hydrogens is 449 g/mol. The first kappa shape index (κ1) is 21.6. The lowest BCUT2D eigenvalue weighted by Crippen LogP contribution is -2.16. The molecule has 0 aliphatic carbocycles. The number of hydrogen-bond acceptors (Lipinski definition) is 4. The number of nitrogens with one attached hydrogen (secondary N) is 1. The highest BCUT2D eigenvalue weighted by Crippen LogP contribution is 2.24. The predicted octanol–water partition coefficient (Wildman–Crippen LogP) is 5.71. The maximum atomic E-state index is 12.9. The number of halogens is 2. The summed E-state index contributed by atoms with van der Waals surface area (Å²) in [4.78, 5) is 25.7. The lowest BCUT2D eigenvalue weighted by molar-refractivity contribution is 0.102. The van der Waals surface area contributed by atoms with Gasteiger partial charge >= 0.3 is 0 Å². The number of carbonyl (C=O) groups is 2. The van der Waals surface area contributed by atoms with E-state index in [1.807, 2.05) is 6.07 Å². The van der Waals surface area contributed by atoms with Crippen LogP contribution in [0.15, 0.2) is 85.1 Å². The Morgan fingerprint density at radius 2 is 1.62 bits per heavy atom. The molecule has 32 heavy (non-hydrogen) atoms. The third-order valence-electron chi connectivity index (χ3n) is 4.56. The summed E-state index contributed by atoms with van der Waals surface area (Å²) in [6, 6.07) is 22.0. The van der Waals surface area contributed by atoms with Crippen LogP contribution in [0.2, 0.25) is 10.0 Å². The predicted molar refractivity (Wildman–Crippen MR) is 124 cm³/mol. The van der Waals surface area contributed by atoms with Crippen molar-refractivity contribution in [3.05, 3.63) is 112 Å². The fourth-order valence-corrected chi connectivity index (χ4v) is 3.27. The summed E-state index contributed by atoms with van der Waals surface area (Å²) in [6.45, 7) is 0.119. The van der Waals surface area contributed by atoms with Crippen LogP contribution in [0.4, 0.5) is 5.69 Å². The number of benzene rings is 3. The number of ether oxygens (including phenoxy) is 1. The molecular formula is C24H17Cl2N3O3. The lowest BCUT2D eigenvalue weighted by Gasteiger charge is -2.10. The van der Waals surface area contributed by atoms with Gasteiger partial charge in [-0.05, 0) is 48.5 Å². The number of hydrogen-bond donors (Lipinski definition) is 1. The Morgan fingerprint density at radius 3 is 2.38 bits per heavy atom. The summed E-state index contributed by atoms with van der Waals surface area (Å²) in [6.07, 6.45) is 1.63. The molecule has 160 valence electrons. The van der Waals surface area contributed by atoms with Crippen LogP contribution in [0.1, 0.15) is 26.4 Å². The highest BCUT2D eigenvalue weighted by atomic mass is 35.5. The van der Waals surface area contributed by atoms with E-state index >= 15 is 0 Å². The molecule has 1 heterocycles. The third kappa shape index (κ3) is 5.17. The van der Waals surface area contributed by atoms with Crippen LogP contribution in [0, 0.1) is 0 Å². The quantitative estimate of drug-likeness (QED) is 0.354. The molecule has 1 aromatic heterocycles. The van der Waals surface area contributed by atoms with Gasteiger partial charge in [-0.1, -0.05) is 53.5 Å². The van der Waals surface area contributed by atoms with Gasteiger partial charge in [0.2, 0.25) is 0 Å². The number of carbonyl (C=O) groups excluding carboxylic acids is 2. The molecule has 1 N–H and O–H groups in total. The van der Waals surface area contributed by atoms with Gasteiger partial charge in [0.05, 0.1) is 5.69 Å². The first-order chi connectivity index (χ1) is 15.5. The fraction of sp³-hybridized carbons (Fsp3) is 0.0417. The smallest absolute Gasteiger partial charge is 0.276 e. The number of amides is 1. The molecule has 0 aliphatic heterocycles. The summed E-state index contributed by atoms with van der Waals surface area (Å²) in [5, 5.41) is 7.99. The number of aromatic nitrogens is 2. The van der Waals surface area contributed by atoms with Crippen LogP contribution >= 0.6 is 23.2 Å². The van der Waals surface area contributed by atoms with E-state index in [2.05, 4.69) is 10.4 Å². The molecule has 0 unspecified atom stereocenters. The van der Waals surface area contributed by atoms with E-state index in [1.165, 1.54) is 10.7 Å². The van der Waals surface area contributed by atoms with Gasteiger partial charge in [0, 0.05) is 27.4 Å². The molecule has 0 spiro atoms. The van der Waals surface area contributed by atoms with Gasteiger partial charge in [-0.25, -0.2) is 4.68 Å². The van der Waals surface area contributed by atoms with Crippen LogP contribution in [0.5, 0.6) is 5.75 Å². The van der Waals surface area contributed by atoms with Crippen molar-refractivity contribution in [3.63, 3.8) is 0 Å². The standard InChI is InChI=1S/C24H17Cl2N3O3/c25-17-6-9-19(10-7-17)32-15-29-13-12-22(28-29)24(31)27-21-11-8-18(26)14-20(21)23(30)16-4-2-1-3-5-16/h1-14H,15H2,(H,27,31). The minimum atomic E-state index is -0.459. The highest BCUT2D eigenvalue weighted by Gasteiger charge is 2.18. The van der Waals surface area contributed by atoms with Crippen LogP contribution < -0.4 is 10.1 Å². The van der Waals surface area contributed by atoms with Crippen molar-refractivity contribution in [1.29, 1.82) is 0 Å². The van der Waals surface area contributed by atoms with Gasteiger partial charge in [-0.2, -0.15) is 5.10 Å². The summed E-state index contributed by atoms with van der Waals surface area (Å²) >= 11 is 12.0. The molecule has 0 aliphatic rings. The van der Waals surface area contributed by atoms with Gasteiger partial charge in [0.15, 0.2) is 18.2 Å². The molecule has 4 aromatic rings. The molecule has 0 saturated heterocycles. The normalized spacial score (nSPS) is 10.6. The topological polar surface area (TPSA) is 73.2 Å². The zero-order chi connectivity index (χ0) is 22.5. The van der Waals surface area contributed by atoms with E-state index in [0.29, 0.717) is 32.6 Å². The van der Waals surface area contributed by atoms with E-state index in [9.17, 15) is 9.59 Å². The summed E-state index contributed by atoms with van der Waals surface area (Å²) in [5.41, 5.74) is 1.31. The molecule has 0 bridgehead atoms. The average molecular weight is 466 g/mol. The monoisotopic (exact) mass is 465 g/mol. The fourth-order valence-electron chi connectivity index (χ4n) is 2.97. The van der Waals surface area contributed by atoms with Crippen molar-refractivity contribution in [1.82, 2.24) is 9.78 Å². The van der Waals surface area contributed by atoms with Crippen molar-refractivity contribution in [2.75, 3.05) is 5.32 Å². The van der Waals surface area contributed by atoms with Crippen molar-refractivity contribution in [2.45, 2.75) is 6.73 Å². The molecule has 6 nitrogen and oxygen atoms in total. The van der Waals surface area contributed by atoms with Gasteiger partial charge in [0.25, 0.3) is 5.91 Å². The number of ketones is 1. The SMILES string of the molecule is O=C(Nc1ccc(Cl)cc1C(=O)c1ccccc1)c1ccn(COc2ccc(Cl)cc2)n1. The van der Waals surface area contributed by atoms with Gasteiger partial charge in [0.1, 0.15) is 5.75 Å². The van der Waals surface area contributed by atoms with Crippen LogP contribution in [0.3, 0.4) is 0 Å². The summed E-state index contributed by atoms with van der Waals surface area (Å²) in [5.74, 6) is -0.0777. The maximum absolute atomic E-state index is 12.9. The molecule has 4 rings (SSSR count).